The largest absolute Gasteiger partial charge is 0.349 e. The predicted octanol–water partition coefficient (Wildman–Crippen LogP) is 3.12. The Morgan fingerprint density at radius 1 is 1.50 bits per heavy atom. The van der Waals surface area contributed by atoms with Crippen molar-refractivity contribution in [3.05, 3.63) is 34.1 Å². The van der Waals surface area contributed by atoms with Crippen molar-refractivity contribution in [3.8, 4) is 0 Å². The van der Waals surface area contributed by atoms with Crippen LogP contribution in [0.1, 0.15) is 30.1 Å². The number of rotatable bonds is 2. The molecule has 0 atom stereocenters. The summed E-state index contributed by atoms with van der Waals surface area (Å²) in [5, 5.41) is 2.93. The fourth-order valence-electron chi connectivity index (χ4n) is 1.93. The Morgan fingerprint density at radius 3 is 2.75 bits per heavy atom. The number of benzene rings is 1. The van der Waals surface area contributed by atoms with Gasteiger partial charge in [-0.15, -0.1) is 0 Å². The Balaban J connectivity index is 2.01. The monoisotopic (exact) mass is 285 g/mol. The maximum absolute atomic E-state index is 13.0. The number of carbonyl (C=O) groups excluding carboxylic acids is 1. The van der Waals surface area contributed by atoms with Gasteiger partial charge >= 0.3 is 0 Å². The lowest BCUT2D eigenvalue weighted by atomic mass is 9.82. The molecule has 1 aromatic rings. The lowest BCUT2D eigenvalue weighted by molar-refractivity contribution is 0.0896. The van der Waals surface area contributed by atoms with Crippen LogP contribution in [0, 0.1) is 11.7 Å². The highest BCUT2D eigenvalue weighted by atomic mass is 79.9. The quantitative estimate of drug-likeness (QED) is 0.889. The smallest absolute Gasteiger partial charge is 0.251 e. The molecule has 4 heteroatoms. The lowest BCUT2D eigenvalue weighted by Crippen LogP contribution is -2.43. The summed E-state index contributed by atoms with van der Waals surface area (Å²) in [4.78, 5) is 11.8. The molecule has 16 heavy (non-hydrogen) atoms. The van der Waals surface area contributed by atoms with Crippen LogP contribution < -0.4 is 5.32 Å². The summed E-state index contributed by atoms with van der Waals surface area (Å²) in [6, 6.07) is 4.58. The predicted molar refractivity (Wildman–Crippen MR) is 63.8 cm³/mol. The van der Waals surface area contributed by atoms with Crippen LogP contribution in [0.5, 0.6) is 0 Å². The van der Waals surface area contributed by atoms with Gasteiger partial charge in [-0.3, -0.25) is 4.79 Å². The molecule has 1 aliphatic rings. The average Bonchev–Trinajstić information content (AvgIpc) is 2.19. The third kappa shape index (κ3) is 2.43. The van der Waals surface area contributed by atoms with E-state index in [4.69, 9.17) is 0 Å². The summed E-state index contributed by atoms with van der Waals surface area (Å²) in [5.41, 5.74) is 0.493. The zero-order chi connectivity index (χ0) is 11.7. The van der Waals surface area contributed by atoms with E-state index in [0.717, 1.165) is 12.8 Å². The summed E-state index contributed by atoms with van der Waals surface area (Å²) in [7, 11) is 0. The zero-order valence-electron chi connectivity index (χ0n) is 8.97. The van der Waals surface area contributed by atoms with Crippen molar-refractivity contribution in [1.29, 1.82) is 0 Å². The highest BCUT2D eigenvalue weighted by Gasteiger charge is 2.26. The molecule has 0 aromatic heterocycles. The molecule has 1 aromatic carbocycles. The van der Waals surface area contributed by atoms with Crippen molar-refractivity contribution < 1.29 is 9.18 Å². The van der Waals surface area contributed by atoms with Gasteiger partial charge < -0.3 is 5.32 Å². The molecule has 0 radical (unpaired) electrons. The van der Waals surface area contributed by atoms with E-state index in [9.17, 15) is 9.18 Å². The van der Waals surface area contributed by atoms with Crippen LogP contribution in [0.3, 0.4) is 0 Å². The first-order valence-electron chi connectivity index (χ1n) is 5.32. The van der Waals surface area contributed by atoms with E-state index in [1.165, 1.54) is 18.2 Å². The van der Waals surface area contributed by atoms with E-state index in [1.54, 1.807) is 0 Å². The standard InChI is InChI=1S/C12H13BrFNO/c1-7-4-9(5-7)15-12(16)8-2-3-11(14)10(13)6-8/h2-3,6-7,9H,4-5H2,1H3,(H,15,16). The first-order valence-corrected chi connectivity index (χ1v) is 6.11. The van der Waals surface area contributed by atoms with Gasteiger partial charge in [-0.1, -0.05) is 6.92 Å². The van der Waals surface area contributed by atoms with Crippen LogP contribution in [-0.2, 0) is 0 Å². The van der Waals surface area contributed by atoms with Gasteiger partial charge in [0.15, 0.2) is 0 Å². The molecule has 1 fully saturated rings. The van der Waals surface area contributed by atoms with Gasteiger partial charge in [0.05, 0.1) is 4.47 Å². The second kappa shape index (κ2) is 4.53. The number of hydrogen-bond acceptors (Lipinski definition) is 1. The second-order valence-electron chi connectivity index (χ2n) is 4.38. The molecule has 0 saturated heterocycles. The fraction of sp³-hybridized carbons (Fsp3) is 0.417. The Kier molecular flexibility index (Phi) is 3.28. The minimum Gasteiger partial charge on any atom is -0.349 e. The Hall–Kier alpha value is -0.900. The van der Waals surface area contributed by atoms with Crippen LogP contribution in [0.15, 0.2) is 22.7 Å². The first kappa shape index (κ1) is 11.6. The molecule has 0 spiro atoms. The molecule has 86 valence electrons. The van der Waals surface area contributed by atoms with E-state index >= 15 is 0 Å². The van der Waals surface area contributed by atoms with Gasteiger partial charge in [0.1, 0.15) is 5.82 Å². The van der Waals surface area contributed by atoms with Crippen LogP contribution >= 0.6 is 15.9 Å². The van der Waals surface area contributed by atoms with Gasteiger partial charge in [-0.2, -0.15) is 0 Å². The van der Waals surface area contributed by atoms with Gasteiger partial charge in [0.25, 0.3) is 5.91 Å². The van der Waals surface area contributed by atoms with Crippen molar-refractivity contribution in [3.63, 3.8) is 0 Å². The normalized spacial score (nSPS) is 23.7. The van der Waals surface area contributed by atoms with Crippen LogP contribution in [0.25, 0.3) is 0 Å². The Morgan fingerprint density at radius 2 is 2.19 bits per heavy atom. The van der Waals surface area contributed by atoms with Gasteiger partial charge in [-0.05, 0) is 52.9 Å². The molecular formula is C12H13BrFNO. The minimum atomic E-state index is -0.353. The number of hydrogen-bond donors (Lipinski definition) is 1. The molecule has 2 rings (SSSR count). The molecule has 0 aliphatic heterocycles. The minimum absolute atomic E-state index is 0.127. The number of carbonyl (C=O) groups is 1. The molecule has 1 amide bonds. The van der Waals surface area contributed by atoms with E-state index < -0.39 is 0 Å². The van der Waals surface area contributed by atoms with Crippen molar-refractivity contribution in [2.24, 2.45) is 5.92 Å². The van der Waals surface area contributed by atoms with Crippen molar-refractivity contribution in [2.45, 2.75) is 25.8 Å². The van der Waals surface area contributed by atoms with Crippen molar-refractivity contribution >= 4 is 21.8 Å². The van der Waals surface area contributed by atoms with E-state index in [1.807, 2.05) is 0 Å². The van der Waals surface area contributed by atoms with Crippen molar-refractivity contribution in [2.75, 3.05) is 0 Å². The second-order valence-corrected chi connectivity index (χ2v) is 5.23. The highest BCUT2D eigenvalue weighted by molar-refractivity contribution is 9.10. The van der Waals surface area contributed by atoms with E-state index in [0.29, 0.717) is 16.0 Å². The Bertz CT molecular complexity index is 415. The SMILES string of the molecule is CC1CC(NC(=O)c2ccc(F)c(Br)c2)C1. The Labute approximate surface area is 102 Å². The highest BCUT2D eigenvalue weighted by Crippen LogP contribution is 2.26. The summed E-state index contributed by atoms with van der Waals surface area (Å²) in [6.07, 6.45) is 2.07. The molecule has 0 unspecified atom stereocenters. The molecule has 1 aliphatic carbocycles. The van der Waals surface area contributed by atoms with Crippen LogP contribution in [-0.4, -0.2) is 11.9 Å². The molecule has 0 heterocycles. The fourth-order valence-corrected chi connectivity index (χ4v) is 2.31. The topological polar surface area (TPSA) is 29.1 Å². The number of amides is 1. The summed E-state index contributed by atoms with van der Waals surface area (Å²) in [6.45, 7) is 2.16. The summed E-state index contributed by atoms with van der Waals surface area (Å²) in [5.74, 6) is 0.219. The van der Waals surface area contributed by atoms with Crippen LogP contribution in [0.4, 0.5) is 4.39 Å². The first-order chi connectivity index (χ1) is 7.56. The summed E-state index contributed by atoms with van der Waals surface area (Å²) >= 11 is 3.07. The maximum Gasteiger partial charge on any atom is 0.251 e. The van der Waals surface area contributed by atoms with Gasteiger partial charge in [0.2, 0.25) is 0 Å². The average molecular weight is 286 g/mol. The summed E-state index contributed by atoms with van der Waals surface area (Å²) < 4.78 is 13.3. The van der Waals surface area contributed by atoms with E-state index in [2.05, 4.69) is 28.2 Å². The molecular weight excluding hydrogens is 273 g/mol. The molecule has 1 saturated carbocycles. The number of nitrogens with one attached hydrogen (secondary N) is 1. The third-order valence-corrected chi connectivity index (χ3v) is 3.50. The van der Waals surface area contributed by atoms with Gasteiger partial charge in [0, 0.05) is 11.6 Å². The molecule has 0 bridgehead atoms. The lowest BCUT2D eigenvalue weighted by Gasteiger charge is -2.33. The molecule has 2 nitrogen and oxygen atoms in total. The third-order valence-electron chi connectivity index (χ3n) is 2.89. The van der Waals surface area contributed by atoms with Crippen LogP contribution in [0.2, 0.25) is 0 Å². The zero-order valence-corrected chi connectivity index (χ0v) is 10.6. The van der Waals surface area contributed by atoms with E-state index in [-0.39, 0.29) is 17.8 Å². The molecule has 1 N–H and O–H groups in total. The number of halogens is 2. The van der Waals surface area contributed by atoms with Crippen molar-refractivity contribution in [1.82, 2.24) is 5.32 Å². The van der Waals surface area contributed by atoms with Gasteiger partial charge in [-0.25, -0.2) is 4.39 Å². The maximum atomic E-state index is 13.0.